The lowest BCUT2D eigenvalue weighted by Crippen LogP contribution is -1.97. The smallest absolute Gasteiger partial charge is 0.324 e. The van der Waals surface area contributed by atoms with Gasteiger partial charge in [0.05, 0.1) is 32.6 Å². The summed E-state index contributed by atoms with van der Waals surface area (Å²) in [6, 6.07) is 12.8. The molecule has 12 nitrogen and oxygen atoms in total. The molecule has 4 aromatic rings. The number of hydrogen-bond acceptors (Lipinski definition) is 8. The second-order valence-corrected chi connectivity index (χ2v) is 7.14. The Kier molecular flexibility index (Phi) is 6.49. The summed E-state index contributed by atoms with van der Waals surface area (Å²) in [6.07, 6.45) is 4.05. The summed E-state index contributed by atoms with van der Waals surface area (Å²) in [5.74, 6) is -1.21. The molecule has 13 heteroatoms. The number of aryl methyl sites for hydroxylation is 1. The molecule has 0 aliphatic heterocycles. The summed E-state index contributed by atoms with van der Waals surface area (Å²) in [6.45, 7) is 2.07. The number of halogens is 1. The van der Waals surface area contributed by atoms with Crippen LogP contribution in [0, 0.1) is 37.3 Å². The van der Waals surface area contributed by atoms with Gasteiger partial charge in [-0.25, -0.2) is 4.98 Å². The van der Waals surface area contributed by atoms with Crippen molar-refractivity contribution in [2.75, 3.05) is 0 Å². The van der Waals surface area contributed by atoms with E-state index in [0.29, 0.717) is 12.1 Å². The number of phenols is 1. The van der Waals surface area contributed by atoms with Gasteiger partial charge in [-0.2, -0.15) is 0 Å². The average Bonchev–Trinajstić information content (AvgIpc) is 3.17. The lowest BCUT2D eigenvalue weighted by Gasteiger charge is -1.97. The van der Waals surface area contributed by atoms with E-state index >= 15 is 0 Å². The molecule has 0 aliphatic rings. The highest BCUT2D eigenvalue weighted by molar-refractivity contribution is 6.30. The molecule has 0 spiro atoms. The number of aromatic hydroxyl groups is 1. The van der Waals surface area contributed by atoms with Crippen LogP contribution >= 0.6 is 11.6 Å². The molecule has 1 N–H and O–H groups in total. The molecule has 0 aliphatic carbocycles. The Morgan fingerprint density at radius 1 is 0.909 bits per heavy atom. The number of nitro groups is 3. The van der Waals surface area contributed by atoms with Gasteiger partial charge in [0.1, 0.15) is 5.65 Å². The van der Waals surface area contributed by atoms with Crippen LogP contribution in [0.4, 0.5) is 17.1 Å². The molecule has 0 radical (unpaired) electrons. The number of phenolic OH excluding ortho intramolecular Hbond substituents is 1. The number of benzene rings is 2. The second-order valence-electron chi connectivity index (χ2n) is 6.71. The van der Waals surface area contributed by atoms with Crippen molar-refractivity contribution in [2.45, 2.75) is 6.92 Å². The van der Waals surface area contributed by atoms with Crippen molar-refractivity contribution < 1.29 is 19.9 Å². The molecular formula is C20H14ClN5O7. The number of non-ortho nitro benzene ring substituents is 1. The van der Waals surface area contributed by atoms with Crippen LogP contribution in [0.1, 0.15) is 5.56 Å². The predicted molar refractivity (Wildman–Crippen MR) is 118 cm³/mol. The standard InChI is InChI=1S/C14H11ClN2.C6H3N3O7/c1-10-6-7-17-9-13(16-14(17)8-10)11-2-4-12(15)5-3-11;10-6-4(8(13)14)1-3(7(11)12)2-5(6)9(15)16/h2-9H,1H3;1-2,10H. The van der Waals surface area contributed by atoms with E-state index in [2.05, 4.69) is 24.0 Å². The summed E-state index contributed by atoms with van der Waals surface area (Å²) in [5, 5.41) is 41.0. The Labute approximate surface area is 189 Å². The number of nitro benzene ring substituents is 3. The number of fused-ring (bicyclic) bond motifs is 1. The largest absolute Gasteiger partial charge is 0.497 e. The van der Waals surface area contributed by atoms with Gasteiger partial charge in [0.15, 0.2) is 0 Å². The molecular weight excluding hydrogens is 458 g/mol. The van der Waals surface area contributed by atoms with Gasteiger partial charge in [-0.3, -0.25) is 30.3 Å². The van der Waals surface area contributed by atoms with E-state index in [1.165, 1.54) is 5.56 Å². The minimum Gasteiger partial charge on any atom is -0.497 e. The first-order valence-corrected chi connectivity index (χ1v) is 9.46. The maximum absolute atomic E-state index is 10.4. The Morgan fingerprint density at radius 2 is 1.48 bits per heavy atom. The van der Waals surface area contributed by atoms with Crippen molar-refractivity contribution in [3.05, 3.63) is 102 Å². The molecule has 0 fully saturated rings. The fourth-order valence-corrected chi connectivity index (χ4v) is 2.94. The van der Waals surface area contributed by atoms with Crippen molar-refractivity contribution in [3.63, 3.8) is 0 Å². The Hall–Kier alpha value is -4.58. The van der Waals surface area contributed by atoms with Crippen molar-refractivity contribution in [2.24, 2.45) is 0 Å². The monoisotopic (exact) mass is 471 g/mol. The molecule has 4 rings (SSSR count). The van der Waals surface area contributed by atoms with E-state index in [4.69, 9.17) is 16.7 Å². The zero-order valence-corrected chi connectivity index (χ0v) is 17.5. The molecule has 0 amide bonds. The average molecular weight is 472 g/mol. The second kappa shape index (κ2) is 9.28. The molecule has 0 saturated heterocycles. The van der Waals surface area contributed by atoms with Gasteiger partial charge in [0.25, 0.3) is 11.4 Å². The highest BCUT2D eigenvalue weighted by atomic mass is 35.5. The summed E-state index contributed by atoms with van der Waals surface area (Å²) in [5.41, 5.74) is 1.22. The van der Waals surface area contributed by atoms with Gasteiger partial charge in [0, 0.05) is 23.0 Å². The third-order valence-corrected chi connectivity index (χ3v) is 4.67. The van der Waals surface area contributed by atoms with Gasteiger partial charge >= 0.3 is 11.4 Å². The summed E-state index contributed by atoms with van der Waals surface area (Å²) < 4.78 is 2.02. The van der Waals surface area contributed by atoms with Crippen LogP contribution in [-0.2, 0) is 0 Å². The quantitative estimate of drug-likeness (QED) is 0.317. The summed E-state index contributed by atoms with van der Waals surface area (Å²) in [4.78, 5) is 32.4. The van der Waals surface area contributed by atoms with Gasteiger partial charge in [-0.05, 0) is 36.8 Å². The van der Waals surface area contributed by atoms with Crippen molar-refractivity contribution in [3.8, 4) is 17.0 Å². The maximum Gasteiger partial charge on any atom is 0.324 e. The molecule has 0 saturated carbocycles. The molecule has 33 heavy (non-hydrogen) atoms. The molecule has 0 atom stereocenters. The van der Waals surface area contributed by atoms with Gasteiger partial charge in [0.2, 0.25) is 0 Å². The third kappa shape index (κ3) is 5.19. The van der Waals surface area contributed by atoms with Crippen molar-refractivity contribution in [1.82, 2.24) is 9.38 Å². The van der Waals surface area contributed by atoms with E-state index in [1.54, 1.807) is 0 Å². The van der Waals surface area contributed by atoms with Gasteiger partial charge in [-0.15, -0.1) is 0 Å². The lowest BCUT2D eigenvalue weighted by molar-refractivity contribution is -0.404. The molecule has 2 aromatic carbocycles. The maximum atomic E-state index is 10.4. The molecule has 2 heterocycles. The number of aromatic nitrogens is 2. The zero-order valence-electron chi connectivity index (χ0n) is 16.8. The van der Waals surface area contributed by atoms with E-state index in [1.807, 2.05) is 41.1 Å². The molecule has 2 aromatic heterocycles. The third-order valence-electron chi connectivity index (χ3n) is 4.41. The number of nitrogens with zero attached hydrogens (tertiary/aromatic N) is 5. The van der Waals surface area contributed by atoms with Crippen LogP contribution in [0.3, 0.4) is 0 Å². The molecule has 0 unspecified atom stereocenters. The fraction of sp³-hybridized carbons (Fsp3) is 0.0500. The van der Waals surface area contributed by atoms with E-state index < -0.39 is 37.6 Å². The first kappa shape index (κ1) is 23.1. The lowest BCUT2D eigenvalue weighted by atomic mass is 10.2. The van der Waals surface area contributed by atoms with E-state index in [0.717, 1.165) is 21.9 Å². The fourth-order valence-electron chi connectivity index (χ4n) is 2.82. The first-order chi connectivity index (χ1) is 15.6. The highest BCUT2D eigenvalue weighted by Gasteiger charge is 2.30. The van der Waals surface area contributed by atoms with Crippen LogP contribution < -0.4 is 0 Å². The summed E-state index contributed by atoms with van der Waals surface area (Å²) in [7, 11) is 0. The number of rotatable bonds is 4. The van der Waals surface area contributed by atoms with Crippen molar-refractivity contribution >= 4 is 34.3 Å². The van der Waals surface area contributed by atoms with E-state index in [-0.39, 0.29) is 0 Å². The number of hydrogen-bond donors (Lipinski definition) is 1. The Balaban J connectivity index is 0.000000186. The Morgan fingerprint density at radius 3 is 2.00 bits per heavy atom. The zero-order chi connectivity index (χ0) is 24.3. The highest BCUT2D eigenvalue weighted by Crippen LogP contribution is 2.38. The van der Waals surface area contributed by atoms with Gasteiger partial charge < -0.3 is 9.51 Å². The first-order valence-electron chi connectivity index (χ1n) is 9.08. The van der Waals surface area contributed by atoms with Gasteiger partial charge in [-0.1, -0.05) is 23.7 Å². The molecule has 0 bridgehead atoms. The normalized spacial score (nSPS) is 10.4. The Bertz CT molecular complexity index is 1350. The number of pyridine rings is 1. The molecule has 168 valence electrons. The van der Waals surface area contributed by atoms with Crippen LogP contribution in [0.5, 0.6) is 5.75 Å². The summed E-state index contributed by atoms with van der Waals surface area (Å²) >= 11 is 5.87. The van der Waals surface area contributed by atoms with Crippen LogP contribution in [-0.4, -0.2) is 29.3 Å². The number of imidazole rings is 1. The minimum atomic E-state index is -1.21. The van der Waals surface area contributed by atoms with Crippen LogP contribution in [0.25, 0.3) is 16.9 Å². The van der Waals surface area contributed by atoms with Crippen LogP contribution in [0.15, 0.2) is 60.9 Å². The van der Waals surface area contributed by atoms with Crippen molar-refractivity contribution in [1.29, 1.82) is 0 Å². The SMILES string of the molecule is Cc1ccn2cc(-c3ccc(Cl)cc3)nc2c1.O=[N+]([O-])c1cc([N+](=O)[O-])c(O)c([N+](=O)[O-])c1. The van der Waals surface area contributed by atoms with E-state index in [9.17, 15) is 30.3 Å². The minimum absolute atomic E-state index is 0.447. The topological polar surface area (TPSA) is 167 Å². The predicted octanol–water partition coefficient (Wildman–Crippen LogP) is 5.08. The van der Waals surface area contributed by atoms with Crippen LogP contribution in [0.2, 0.25) is 5.02 Å².